The number of aliphatic hydroxyl groups is 1. The third-order valence-corrected chi connectivity index (χ3v) is 5.82. The monoisotopic (exact) mass is 458 g/mol. The molecular weight excluding hydrogens is 428 g/mol. The molecule has 0 heterocycles. The van der Waals surface area contributed by atoms with E-state index >= 15 is 0 Å². The van der Waals surface area contributed by atoms with Gasteiger partial charge in [-0.25, -0.2) is 0 Å². The Kier molecular flexibility index (Phi) is 7.20. The van der Waals surface area contributed by atoms with E-state index < -0.39 is 5.60 Å². The Morgan fingerprint density at radius 3 is 1.63 bits per heavy atom. The lowest BCUT2D eigenvalue weighted by molar-refractivity contribution is 0.131. The Bertz CT molecular complexity index is 1280. The molecule has 4 rings (SSSR count). The van der Waals surface area contributed by atoms with E-state index in [0.717, 1.165) is 16.7 Å². The molecule has 0 aliphatic rings. The first-order valence-electron chi connectivity index (χ1n) is 11.8. The van der Waals surface area contributed by atoms with E-state index in [4.69, 9.17) is 4.74 Å². The molecule has 0 bridgehead atoms. The molecule has 174 valence electrons. The van der Waals surface area contributed by atoms with Crippen molar-refractivity contribution in [2.45, 2.75) is 31.8 Å². The predicted octanol–water partition coefficient (Wildman–Crippen LogP) is 7.23. The second kappa shape index (κ2) is 10.5. The van der Waals surface area contributed by atoms with Crippen molar-refractivity contribution in [2.24, 2.45) is 0 Å². The summed E-state index contributed by atoms with van der Waals surface area (Å²) in [6, 6.07) is 36.9. The van der Waals surface area contributed by atoms with Crippen molar-refractivity contribution in [3.05, 3.63) is 149 Å². The third kappa shape index (κ3) is 6.09. The van der Waals surface area contributed by atoms with Gasteiger partial charge in [-0.3, -0.25) is 0 Å². The Morgan fingerprint density at radius 2 is 1.14 bits per heavy atom. The number of ether oxygens (including phenoxy) is 1. The molecule has 0 amide bonds. The van der Waals surface area contributed by atoms with Crippen LogP contribution in [-0.2, 0) is 11.0 Å². The maximum absolute atomic E-state index is 12.0. The summed E-state index contributed by atoms with van der Waals surface area (Å²) in [4.78, 5) is 0. The zero-order valence-electron chi connectivity index (χ0n) is 20.4. The molecule has 0 saturated carbocycles. The summed E-state index contributed by atoms with van der Waals surface area (Å²) >= 11 is 0. The second-order valence-electron chi connectivity index (χ2n) is 9.50. The average molecular weight is 459 g/mol. The predicted molar refractivity (Wildman–Crippen MR) is 143 cm³/mol. The van der Waals surface area contributed by atoms with Crippen LogP contribution in [0.25, 0.3) is 0 Å². The van der Waals surface area contributed by atoms with Crippen LogP contribution in [-0.4, -0.2) is 5.11 Å². The molecule has 0 aliphatic carbocycles. The van der Waals surface area contributed by atoms with Crippen LogP contribution in [0.4, 0.5) is 0 Å². The Hall–Kier alpha value is -4.06. The molecule has 4 aromatic rings. The van der Waals surface area contributed by atoms with Crippen LogP contribution >= 0.6 is 0 Å². The molecule has 0 spiro atoms. The standard InChI is InChI=1S/C33H30O2/c1-32(2,3)27-22-19-26(20-23-27)21-24-31(35-30-17-11-6-12-18-30)25-33(34,28-13-7-4-8-14-28)29-15-9-5-10-16-29/h4-20,22-23,25,34H,1-3H3/b31-25-. The van der Waals surface area contributed by atoms with Crippen LogP contribution in [0.3, 0.4) is 0 Å². The van der Waals surface area contributed by atoms with Gasteiger partial charge in [0.15, 0.2) is 5.76 Å². The summed E-state index contributed by atoms with van der Waals surface area (Å²) in [5.41, 5.74) is 2.26. The molecular formula is C33H30O2. The average Bonchev–Trinajstić information content (AvgIpc) is 2.88. The normalized spacial score (nSPS) is 11.9. The van der Waals surface area contributed by atoms with E-state index in [9.17, 15) is 5.11 Å². The number of benzene rings is 4. The lowest BCUT2D eigenvalue weighted by Crippen LogP contribution is -2.25. The van der Waals surface area contributed by atoms with Crippen molar-refractivity contribution >= 4 is 0 Å². The smallest absolute Gasteiger partial charge is 0.177 e. The highest BCUT2D eigenvalue weighted by Gasteiger charge is 2.30. The van der Waals surface area contributed by atoms with Crippen LogP contribution in [0.5, 0.6) is 5.75 Å². The first-order valence-corrected chi connectivity index (χ1v) is 11.8. The van der Waals surface area contributed by atoms with E-state index in [1.807, 2.05) is 103 Å². The third-order valence-electron chi connectivity index (χ3n) is 5.82. The highest BCUT2D eigenvalue weighted by molar-refractivity contribution is 5.47. The molecule has 0 saturated heterocycles. The number of hydrogen-bond acceptors (Lipinski definition) is 2. The Morgan fingerprint density at radius 1 is 0.657 bits per heavy atom. The summed E-state index contributed by atoms with van der Waals surface area (Å²) in [6.45, 7) is 6.57. The van der Waals surface area contributed by atoms with Gasteiger partial charge in [0, 0.05) is 11.6 Å². The van der Waals surface area contributed by atoms with Crippen molar-refractivity contribution < 1.29 is 9.84 Å². The molecule has 0 radical (unpaired) electrons. The van der Waals surface area contributed by atoms with Gasteiger partial charge < -0.3 is 9.84 Å². The fraction of sp³-hybridized carbons (Fsp3) is 0.152. The zero-order valence-corrected chi connectivity index (χ0v) is 20.4. The highest BCUT2D eigenvalue weighted by atomic mass is 16.5. The highest BCUT2D eigenvalue weighted by Crippen LogP contribution is 2.32. The number of allylic oxidation sites excluding steroid dienone is 1. The number of para-hydroxylation sites is 1. The maximum Gasteiger partial charge on any atom is 0.177 e. The SMILES string of the molecule is CC(C)(C)c1ccc(C#C/C(=C/C(O)(c2ccccc2)c2ccccc2)Oc2ccccc2)cc1. The molecule has 0 aromatic heterocycles. The fourth-order valence-electron chi connectivity index (χ4n) is 3.80. The second-order valence-corrected chi connectivity index (χ2v) is 9.50. The van der Waals surface area contributed by atoms with E-state index in [2.05, 4.69) is 44.7 Å². The minimum absolute atomic E-state index is 0.0787. The van der Waals surface area contributed by atoms with Gasteiger partial charge >= 0.3 is 0 Å². The van der Waals surface area contributed by atoms with Gasteiger partial charge in [0.1, 0.15) is 11.4 Å². The van der Waals surface area contributed by atoms with Gasteiger partial charge in [-0.2, -0.15) is 0 Å². The van der Waals surface area contributed by atoms with E-state index in [-0.39, 0.29) is 5.41 Å². The first-order chi connectivity index (χ1) is 16.8. The molecule has 2 nitrogen and oxygen atoms in total. The summed E-state index contributed by atoms with van der Waals surface area (Å²) in [7, 11) is 0. The summed E-state index contributed by atoms with van der Waals surface area (Å²) in [6.07, 6.45) is 1.70. The molecule has 1 N–H and O–H groups in total. The zero-order chi connectivity index (χ0) is 24.7. The van der Waals surface area contributed by atoms with E-state index in [1.165, 1.54) is 5.56 Å². The summed E-state index contributed by atoms with van der Waals surface area (Å²) < 4.78 is 6.18. The Labute approximate surface area is 208 Å². The van der Waals surface area contributed by atoms with Crippen molar-refractivity contribution in [1.82, 2.24) is 0 Å². The molecule has 0 aliphatic heterocycles. The van der Waals surface area contributed by atoms with Crippen molar-refractivity contribution in [3.63, 3.8) is 0 Å². The van der Waals surface area contributed by atoms with Crippen LogP contribution < -0.4 is 4.74 Å². The van der Waals surface area contributed by atoms with Crippen LogP contribution in [0.15, 0.2) is 127 Å². The molecule has 35 heavy (non-hydrogen) atoms. The van der Waals surface area contributed by atoms with Gasteiger partial charge in [-0.15, -0.1) is 0 Å². The minimum Gasteiger partial charge on any atom is -0.449 e. The van der Waals surface area contributed by atoms with Gasteiger partial charge in [0.05, 0.1) is 0 Å². The summed E-state index contributed by atoms with van der Waals surface area (Å²) in [5, 5.41) is 12.0. The van der Waals surface area contributed by atoms with E-state index in [1.54, 1.807) is 6.08 Å². The van der Waals surface area contributed by atoms with Crippen molar-refractivity contribution in [1.29, 1.82) is 0 Å². The quantitative estimate of drug-likeness (QED) is 0.252. The van der Waals surface area contributed by atoms with Gasteiger partial charge in [-0.05, 0) is 52.3 Å². The number of rotatable bonds is 5. The van der Waals surface area contributed by atoms with Crippen molar-refractivity contribution in [3.8, 4) is 17.6 Å². The van der Waals surface area contributed by atoms with E-state index in [0.29, 0.717) is 11.5 Å². The van der Waals surface area contributed by atoms with Gasteiger partial charge in [-0.1, -0.05) is 118 Å². The Balaban J connectivity index is 1.80. The largest absolute Gasteiger partial charge is 0.449 e. The lowest BCUT2D eigenvalue weighted by Gasteiger charge is -2.26. The minimum atomic E-state index is -1.42. The molecule has 4 aromatic carbocycles. The van der Waals surface area contributed by atoms with Gasteiger partial charge in [0.2, 0.25) is 0 Å². The topological polar surface area (TPSA) is 29.5 Å². The summed E-state index contributed by atoms with van der Waals surface area (Å²) in [5.74, 6) is 7.40. The molecule has 0 atom stereocenters. The molecule has 2 heteroatoms. The first kappa shape index (κ1) is 24.1. The van der Waals surface area contributed by atoms with Crippen LogP contribution in [0.2, 0.25) is 0 Å². The van der Waals surface area contributed by atoms with Crippen LogP contribution in [0, 0.1) is 11.8 Å². The molecule has 0 fully saturated rings. The van der Waals surface area contributed by atoms with Gasteiger partial charge in [0.25, 0.3) is 0 Å². The van der Waals surface area contributed by atoms with Crippen LogP contribution in [0.1, 0.15) is 43.0 Å². The maximum atomic E-state index is 12.0. The van der Waals surface area contributed by atoms with Crippen molar-refractivity contribution in [2.75, 3.05) is 0 Å². The fourth-order valence-corrected chi connectivity index (χ4v) is 3.80. The number of hydrogen-bond donors (Lipinski definition) is 1. The molecule has 0 unspecified atom stereocenters. The lowest BCUT2D eigenvalue weighted by atomic mass is 9.85.